The van der Waals surface area contributed by atoms with Gasteiger partial charge in [0.2, 0.25) is 0 Å². The molecule has 1 rings (SSSR count). The second-order valence-corrected chi connectivity index (χ2v) is 2.91. The summed E-state index contributed by atoms with van der Waals surface area (Å²) in [6, 6.07) is 1.77. The van der Waals surface area contributed by atoms with Crippen molar-refractivity contribution in [1.82, 2.24) is 0 Å². The lowest BCUT2D eigenvalue weighted by atomic mass is 10.2. The van der Waals surface area contributed by atoms with Gasteiger partial charge in [0, 0.05) is 0 Å². The molecule has 0 saturated carbocycles. The van der Waals surface area contributed by atoms with E-state index >= 15 is 0 Å². The van der Waals surface area contributed by atoms with Crippen LogP contribution in [0.4, 0.5) is 0 Å². The van der Waals surface area contributed by atoms with E-state index in [1.807, 2.05) is 5.38 Å². The number of ketones is 1. The Hall–Kier alpha value is -0.670. The van der Waals surface area contributed by atoms with Gasteiger partial charge in [-0.15, -0.1) is 11.3 Å². The number of aliphatic hydroxyl groups excluding tert-OH is 1. The van der Waals surface area contributed by atoms with E-state index in [4.69, 9.17) is 5.11 Å². The van der Waals surface area contributed by atoms with E-state index in [1.54, 1.807) is 6.07 Å². The molecule has 0 saturated heterocycles. The molecule has 1 N–H and O–H groups in total. The van der Waals surface area contributed by atoms with Crippen LogP contribution in [-0.4, -0.2) is 10.9 Å². The largest absolute Gasteiger partial charge is 0.392 e. The first-order valence-electron chi connectivity index (χ1n) is 2.94. The molecular weight excluding hydrogens is 148 g/mol. The molecule has 1 aromatic rings. The minimum absolute atomic E-state index is 0.0269. The topological polar surface area (TPSA) is 37.3 Å². The van der Waals surface area contributed by atoms with Gasteiger partial charge in [-0.2, -0.15) is 0 Å². The fourth-order valence-corrected chi connectivity index (χ4v) is 1.59. The molecule has 0 atom stereocenters. The zero-order chi connectivity index (χ0) is 7.56. The molecule has 0 fully saturated rings. The molecule has 0 aliphatic heterocycles. The van der Waals surface area contributed by atoms with E-state index in [9.17, 15) is 4.79 Å². The van der Waals surface area contributed by atoms with Crippen LogP contribution >= 0.6 is 11.3 Å². The molecule has 0 unspecified atom stereocenters. The average Bonchev–Trinajstić information content (AvgIpc) is 2.33. The fraction of sp³-hybridized carbons (Fsp3) is 0.286. The van der Waals surface area contributed by atoms with Crippen LogP contribution in [0, 0.1) is 0 Å². The minimum Gasteiger partial charge on any atom is -0.392 e. The number of hydrogen-bond donors (Lipinski definition) is 1. The third-order valence-corrected chi connectivity index (χ3v) is 2.29. The molecule has 0 amide bonds. The lowest BCUT2D eigenvalue weighted by molar-refractivity contribution is 0.101. The summed E-state index contributed by atoms with van der Waals surface area (Å²) < 4.78 is 0. The van der Waals surface area contributed by atoms with Crippen molar-refractivity contribution in [3.63, 3.8) is 0 Å². The number of rotatable bonds is 2. The molecule has 0 aliphatic rings. The molecule has 54 valence electrons. The molecule has 0 spiro atoms. The standard InChI is InChI=1S/C7H8O2S/c1-5(9)7-6(4-8)2-3-10-7/h2-3,8H,4H2,1H3. The zero-order valence-electron chi connectivity index (χ0n) is 5.63. The number of thiophene rings is 1. The van der Waals surface area contributed by atoms with Gasteiger partial charge in [0.25, 0.3) is 0 Å². The molecule has 2 nitrogen and oxygen atoms in total. The van der Waals surface area contributed by atoms with E-state index in [-0.39, 0.29) is 12.4 Å². The highest BCUT2D eigenvalue weighted by Gasteiger charge is 2.06. The van der Waals surface area contributed by atoms with Gasteiger partial charge in [0.1, 0.15) is 0 Å². The molecule has 3 heteroatoms. The Morgan fingerprint density at radius 2 is 2.50 bits per heavy atom. The zero-order valence-corrected chi connectivity index (χ0v) is 6.44. The summed E-state index contributed by atoms with van der Waals surface area (Å²) in [5.74, 6) is 0.0269. The first-order valence-corrected chi connectivity index (χ1v) is 3.82. The summed E-state index contributed by atoms with van der Waals surface area (Å²) in [7, 11) is 0. The van der Waals surface area contributed by atoms with Crippen molar-refractivity contribution >= 4 is 17.1 Å². The number of hydrogen-bond acceptors (Lipinski definition) is 3. The average molecular weight is 156 g/mol. The quantitative estimate of drug-likeness (QED) is 0.658. The van der Waals surface area contributed by atoms with E-state index < -0.39 is 0 Å². The van der Waals surface area contributed by atoms with Crippen LogP contribution in [0.25, 0.3) is 0 Å². The Morgan fingerprint density at radius 3 is 2.90 bits per heavy atom. The maximum absolute atomic E-state index is 10.8. The van der Waals surface area contributed by atoms with Crippen LogP contribution in [-0.2, 0) is 6.61 Å². The van der Waals surface area contributed by atoms with Crippen LogP contribution in [0.15, 0.2) is 11.4 Å². The van der Waals surface area contributed by atoms with Gasteiger partial charge in [-0.05, 0) is 23.9 Å². The Kier molecular flexibility index (Phi) is 2.19. The molecule has 10 heavy (non-hydrogen) atoms. The third-order valence-electron chi connectivity index (χ3n) is 1.24. The Bertz CT molecular complexity index is 240. The van der Waals surface area contributed by atoms with Crippen molar-refractivity contribution in [2.24, 2.45) is 0 Å². The highest BCUT2D eigenvalue weighted by molar-refractivity contribution is 7.12. The summed E-state index contributed by atoms with van der Waals surface area (Å²) in [6.45, 7) is 1.46. The van der Waals surface area contributed by atoms with Crippen molar-refractivity contribution in [1.29, 1.82) is 0 Å². The van der Waals surface area contributed by atoms with E-state index in [0.29, 0.717) is 4.88 Å². The van der Waals surface area contributed by atoms with Crippen molar-refractivity contribution in [2.75, 3.05) is 0 Å². The van der Waals surface area contributed by atoms with Crippen LogP contribution in [0.1, 0.15) is 22.2 Å². The van der Waals surface area contributed by atoms with Gasteiger partial charge in [0.05, 0.1) is 11.5 Å². The monoisotopic (exact) mass is 156 g/mol. The summed E-state index contributed by atoms with van der Waals surface area (Å²) in [5.41, 5.74) is 0.734. The van der Waals surface area contributed by atoms with Crippen molar-refractivity contribution in [3.8, 4) is 0 Å². The summed E-state index contributed by atoms with van der Waals surface area (Å²) in [4.78, 5) is 11.5. The SMILES string of the molecule is CC(=O)c1sccc1CO. The maximum Gasteiger partial charge on any atom is 0.170 e. The highest BCUT2D eigenvalue weighted by Crippen LogP contribution is 2.16. The van der Waals surface area contributed by atoms with Gasteiger partial charge in [-0.25, -0.2) is 0 Å². The summed E-state index contributed by atoms with van der Waals surface area (Å²) in [6.07, 6.45) is 0. The normalized spacial score (nSPS) is 9.80. The molecule has 1 aromatic heterocycles. The highest BCUT2D eigenvalue weighted by atomic mass is 32.1. The van der Waals surface area contributed by atoms with Crippen molar-refractivity contribution in [3.05, 3.63) is 21.9 Å². The number of carbonyl (C=O) groups excluding carboxylic acids is 1. The second-order valence-electron chi connectivity index (χ2n) is 1.99. The Morgan fingerprint density at radius 1 is 1.80 bits per heavy atom. The molecule has 0 radical (unpaired) electrons. The van der Waals surface area contributed by atoms with E-state index in [0.717, 1.165) is 5.56 Å². The van der Waals surface area contributed by atoms with Gasteiger partial charge in [-0.3, -0.25) is 4.79 Å². The molecule has 1 heterocycles. The van der Waals surface area contributed by atoms with Gasteiger partial charge in [-0.1, -0.05) is 0 Å². The predicted octanol–water partition coefficient (Wildman–Crippen LogP) is 1.44. The number of aliphatic hydroxyl groups is 1. The first-order chi connectivity index (χ1) is 4.75. The summed E-state index contributed by atoms with van der Waals surface area (Å²) >= 11 is 1.37. The smallest absolute Gasteiger partial charge is 0.170 e. The van der Waals surface area contributed by atoms with Gasteiger partial charge >= 0.3 is 0 Å². The molecule has 0 bridgehead atoms. The number of carbonyl (C=O) groups is 1. The molecule has 0 aliphatic carbocycles. The maximum atomic E-state index is 10.8. The van der Waals surface area contributed by atoms with Crippen LogP contribution in [0.5, 0.6) is 0 Å². The fourth-order valence-electron chi connectivity index (χ4n) is 0.769. The van der Waals surface area contributed by atoms with Crippen molar-refractivity contribution in [2.45, 2.75) is 13.5 Å². The van der Waals surface area contributed by atoms with E-state index in [2.05, 4.69) is 0 Å². The number of Topliss-reactive ketones (excluding diaryl/α,β-unsaturated/α-hetero) is 1. The summed E-state index contributed by atoms with van der Waals surface area (Å²) in [5, 5.41) is 10.5. The lowest BCUT2D eigenvalue weighted by Crippen LogP contribution is -1.92. The van der Waals surface area contributed by atoms with E-state index in [1.165, 1.54) is 18.3 Å². The Balaban J connectivity index is 3.01. The molecular formula is C7H8O2S. The lowest BCUT2D eigenvalue weighted by Gasteiger charge is -1.92. The molecule has 0 aromatic carbocycles. The van der Waals surface area contributed by atoms with Crippen LogP contribution < -0.4 is 0 Å². The van der Waals surface area contributed by atoms with Crippen LogP contribution in [0.2, 0.25) is 0 Å². The Labute approximate surface area is 63.1 Å². The van der Waals surface area contributed by atoms with Crippen molar-refractivity contribution < 1.29 is 9.90 Å². The second kappa shape index (κ2) is 2.94. The van der Waals surface area contributed by atoms with Gasteiger partial charge in [0.15, 0.2) is 5.78 Å². The van der Waals surface area contributed by atoms with Crippen LogP contribution in [0.3, 0.4) is 0 Å². The first kappa shape index (κ1) is 7.44. The third kappa shape index (κ3) is 1.25. The predicted molar refractivity (Wildman–Crippen MR) is 40.2 cm³/mol. The minimum atomic E-state index is -0.0432. The van der Waals surface area contributed by atoms with Gasteiger partial charge < -0.3 is 5.11 Å².